The fourth-order valence-electron chi connectivity index (χ4n) is 3.29. The van der Waals surface area contributed by atoms with E-state index in [9.17, 15) is 0 Å². The van der Waals surface area contributed by atoms with Gasteiger partial charge >= 0.3 is 0 Å². The van der Waals surface area contributed by atoms with Crippen LogP contribution in [0.1, 0.15) is 51.1 Å². The number of nitrogens with one attached hydrogen (secondary N) is 1. The van der Waals surface area contributed by atoms with Crippen molar-refractivity contribution in [1.82, 2.24) is 5.32 Å². The first-order valence-electron chi connectivity index (χ1n) is 7.30. The molecule has 1 fully saturated rings. The highest BCUT2D eigenvalue weighted by atomic mass is 79.9. The van der Waals surface area contributed by atoms with E-state index in [4.69, 9.17) is 11.6 Å². The van der Waals surface area contributed by atoms with E-state index in [0.29, 0.717) is 12.0 Å². The number of hydrogen-bond acceptors (Lipinski definition) is 1. The second-order valence-corrected chi connectivity index (χ2v) is 7.06. The third-order valence-electron chi connectivity index (χ3n) is 4.17. The van der Waals surface area contributed by atoms with Crippen LogP contribution in [0.5, 0.6) is 0 Å². The molecule has 1 aromatic carbocycles. The average Bonchev–Trinajstić information content (AvgIpc) is 2.39. The van der Waals surface area contributed by atoms with E-state index in [1.807, 2.05) is 12.1 Å². The van der Waals surface area contributed by atoms with Crippen LogP contribution in [0.3, 0.4) is 0 Å². The molecule has 1 N–H and O–H groups in total. The van der Waals surface area contributed by atoms with Crippen molar-refractivity contribution >= 4 is 27.5 Å². The molecule has 2 rings (SSSR count). The van der Waals surface area contributed by atoms with Crippen LogP contribution in [-0.2, 0) is 0 Å². The van der Waals surface area contributed by atoms with Crippen LogP contribution in [0.4, 0.5) is 0 Å². The lowest BCUT2D eigenvalue weighted by Crippen LogP contribution is -2.31. The third kappa shape index (κ3) is 3.96. The standard InChI is InChI=1S/C16H23BrClN/c1-3-19-16(12-6-4-5-11(2)9-12)14-10-13(17)7-8-15(14)18/h7-8,10-12,16,19H,3-6,9H2,1-2H3. The minimum absolute atomic E-state index is 0.387. The van der Waals surface area contributed by atoms with Gasteiger partial charge in [0.15, 0.2) is 0 Å². The highest BCUT2D eigenvalue weighted by Crippen LogP contribution is 2.39. The molecule has 3 heteroatoms. The monoisotopic (exact) mass is 343 g/mol. The lowest BCUT2D eigenvalue weighted by molar-refractivity contribution is 0.225. The van der Waals surface area contributed by atoms with Crippen LogP contribution in [0.2, 0.25) is 5.02 Å². The van der Waals surface area contributed by atoms with Gasteiger partial charge in [0.05, 0.1) is 0 Å². The topological polar surface area (TPSA) is 12.0 Å². The van der Waals surface area contributed by atoms with Crippen LogP contribution < -0.4 is 5.32 Å². The maximum absolute atomic E-state index is 6.42. The molecular formula is C16H23BrClN. The van der Waals surface area contributed by atoms with E-state index >= 15 is 0 Å². The highest BCUT2D eigenvalue weighted by Gasteiger charge is 2.28. The van der Waals surface area contributed by atoms with Crippen molar-refractivity contribution in [2.45, 2.75) is 45.6 Å². The van der Waals surface area contributed by atoms with Crippen molar-refractivity contribution in [1.29, 1.82) is 0 Å². The lowest BCUT2D eigenvalue weighted by Gasteiger charge is -2.34. The Balaban J connectivity index is 2.25. The Morgan fingerprint density at radius 1 is 1.42 bits per heavy atom. The van der Waals surface area contributed by atoms with Gasteiger partial charge in [-0.2, -0.15) is 0 Å². The van der Waals surface area contributed by atoms with Crippen molar-refractivity contribution in [2.75, 3.05) is 6.54 Å². The summed E-state index contributed by atoms with van der Waals surface area (Å²) in [4.78, 5) is 0. The summed E-state index contributed by atoms with van der Waals surface area (Å²) in [5, 5.41) is 4.53. The first-order chi connectivity index (χ1) is 9.11. The summed E-state index contributed by atoms with van der Waals surface area (Å²) in [6.45, 7) is 5.53. The van der Waals surface area contributed by atoms with E-state index in [0.717, 1.165) is 22.0 Å². The van der Waals surface area contributed by atoms with Crippen LogP contribution in [-0.4, -0.2) is 6.54 Å². The summed E-state index contributed by atoms with van der Waals surface area (Å²) in [5.74, 6) is 1.54. The van der Waals surface area contributed by atoms with Gasteiger partial charge in [-0.25, -0.2) is 0 Å². The molecule has 0 radical (unpaired) electrons. The summed E-state index contributed by atoms with van der Waals surface area (Å²) in [5.41, 5.74) is 1.25. The van der Waals surface area contributed by atoms with E-state index in [1.54, 1.807) is 0 Å². The Bertz CT molecular complexity index is 421. The molecule has 0 spiro atoms. The summed E-state index contributed by atoms with van der Waals surface area (Å²) < 4.78 is 1.11. The van der Waals surface area contributed by atoms with Gasteiger partial charge in [-0.15, -0.1) is 0 Å². The van der Waals surface area contributed by atoms with Crippen molar-refractivity contribution in [3.05, 3.63) is 33.3 Å². The number of halogens is 2. The molecular weight excluding hydrogens is 322 g/mol. The third-order valence-corrected chi connectivity index (χ3v) is 5.00. The van der Waals surface area contributed by atoms with E-state index in [1.165, 1.54) is 31.2 Å². The normalized spacial score (nSPS) is 25.3. The Morgan fingerprint density at radius 3 is 2.89 bits per heavy atom. The molecule has 0 heterocycles. The molecule has 106 valence electrons. The maximum atomic E-state index is 6.42. The molecule has 3 unspecified atom stereocenters. The van der Waals surface area contributed by atoms with Crippen LogP contribution >= 0.6 is 27.5 Å². The number of hydrogen-bond donors (Lipinski definition) is 1. The lowest BCUT2D eigenvalue weighted by atomic mass is 9.76. The van der Waals surface area contributed by atoms with Gasteiger partial charge in [-0.05, 0) is 55.0 Å². The van der Waals surface area contributed by atoms with E-state index in [2.05, 4.69) is 41.2 Å². The SMILES string of the molecule is CCNC(c1cc(Br)ccc1Cl)C1CCCC(C)C1. The zero-order chi connectivity index (χ0) is 13.8. The van der Waals surface area contributed by atoms with Crippen LogP contribution in [0.15, 0.2) is 22.7 Å². The Hall–Kier alpha value is -0.0500. The highest BCUT2D eigenvalue weighted by molar-refractivity contribution is 9.10. The molecule has 0 aromatic heterocycles. The molecule has 19 heavy (non-hydrogen) atoms. The van der Waals surface area contributed by atoms with E-state index < -0.39 is 0 Å². The molecule has 1 aliphatic rings. The fraction of sp³-hybridized carbons (Fsp3) is 0.625. The Kier molecular flexibility index (Phi) is 5.73. The first kappa shape index (κ1) is 15.3. The number of benzene rings is 1. The van der Waals surface area contributed by atoms with Gasteiger partial charge in [-0.1, -0.05) is 54.2 Å². The first-order valence-corrected chi connectivity index (χ1v) is 8.47. The predicted molar refractivity (Wildman–Crippen MR) is 86.7 cm³/mol. The predicted octanol–water partition coefficient (Wildman–Crippen LogP) is 5.58. The van der Waals surface area contributed by atoms with Crippen molar-refractivity contribution in [3.63, 3.8) is 0 Å². The minimum atomic E-state index is 0.387. The molecule has 1 nitrogen and oxygen atoms in total. The Labute approximate surface area is 130 Å². The second-order valence-electron chi connectivity index (χ2n) is 5.73. The Morgan fingerprint density at radius 2 is 2.21 bits per heavy atom. The molecule has 0 aliphatic heterocycles. The largest absolute Gasteiger partial charge is 0.310 e. The molecule has 0 saturated heterocycles. The fourth-order valence-corrected chi connectivity index (χ4v) is 3.90. The molecule has 1 aromatic rings. The van der Waals surface area contributed by atoms with Crippen LogP contribution in [0.25, 0.3) is 0 Å². The summed E-state index contributed by atoms with van der Waals surface area (Å²) >= 11 is 9.99. The smallest absolute Gasteiger partial charge is 0.0454 e. The molecule has 1 aliphatic carbocycles. The van der Waals surface area contributed by atoms with Crippen molar-refractivity contribution in [2.24, 2.45) is 11.8 Å². The molecule has 0 amide bonds. The van der Waals surface area contributed by atoms with Gasteiger partial charge in [0.1, 0.15) is 0 Å². The average molecular weight is 345 g/mol. The summed E-state index contributed by atoms with van der Waals surface area (Å²) in [7, 11) is 0. The summed E-state index contributed by atoms with van der Waals surface area (Å²) in [6.07, 6.45) is 5.34. The number of rotatable bonds is 4. The van der Waals surface area contributed by atoms with Crippen molar-refractivity contribution < 1.29 is 0 Å². The van der Waals surface area contributed by atoms with Gasteiger partial charge in [0.2, 0.25) is 0 Å². The molecule has 0 bridgehead atoms. The van der Waals surface area contributed by atoms with Crippen LogP contribution in [0, 0.1) is 11.8 Å². The quantitative estimate of drug-likeness (QED) is 0.752. The van der Waals surface area contributed by atoms with E-state index in [-0.39, 0.29) is 0 Å². The zero-order valence-corrected chi connectivity index (χ0v) is 14.1. The van der Waals surface area contributed by atoms with Gasteiger partial charge in [0, 0.05) is 15.5 Å². The minimum Gasteiger partial charge on any atom is -0.310 e. The van der Waals surface area contributed by atoms with Crippen molar-refractivity contribution in [3.8, 4) is 0 Å². The summed E-state index contributed by atoms with van der Waals surface area (Å²) in [6, 6.07) is 6.57. The maximum Gasteiger partial charge on any atom is 0.0454 e. The van der Waals surface area contributed by atoms with Gasteiger partial charge in [-0.3, -0.25) is 0 Å². The molecule has 3 atom stereocenters. The van der Waals surface area contributed by atoms with Gasteiger partial charge < -0.3 is 5.32 Å². The van der Waals surface area contributed by atoms with Gasteiger partial charge in [0.25, 0.3) is 0 Å². The zero-order valence-electron chi connectivity index (χ0n) is 11.8. The second kappa shape index (κ2) is 7.10. The molecule has 1 saturated carbocycles.